The second kappa shape index (κ2) is 3.81. The van der Waals surface area contributed by atoms with Crippen LogP contribution < -0.4 is 9.47 Å². The van der Waals surface area contributed by atoms with Crippen LogP contribution in [0.5, 0.6) is 11.5 Å². The summed E-state index contributed by atoms with van der Waals surface area (Å²) in [5.74, 6) is 1.36. The third kappa shape index (κ3) is 1.54. The number of ether oxygens (including phenoxy) is 2. The molecule has 5 heteroatoms. The van der Waals surface area contributed by atoms with Crippen LogP contribution in [0.25, 0.3) is 11.0 Å². The van der Waals surface area contributed by atoms with Gasteiger partial charge in [-0.05, 0) is 34.7 Å². The van der Waals surface area contributed by atoms with Crippen LogP contribution in [0.3, 0.4) is 0 Å². The number of furan rings is 1. The van der Waals surface area contributed by atoms with Gasteiger partial charge in [-0.2, -0.15) is 0 Å². The van der Waals surface area contributed by atoms with Gasteiger partial charge in [-0.3, -0.25) is 0 Å². The van der Waals surface area contributed by atoms with Crippen molar-refractivity contribution < 1.29 is 19.0 Å². The SMILES string of the molecule is OCC1COc2c(ccc3oc(I)cc23)O1. The molecule has 16 heavy (non-hydrogen) atoms. The largest absolute Gasteiger partial charge is 0.485 e. The minimum atomic E-state index is -0.282. The van der Waals surface area contributed by atoms with E-state index < -0.39 is 0 Å². The molecular formula is C11H9IO4. The van der Waals surface area contributed by atoms with Gasteiger partial charge < -0.3 is 19.0 Å². The molecule has 0 saturated carbocycles. The molecule has 1 aromatic carbocycles. The summed E-state index contributed by atoms with van der Waals surface area (Å²) in [6.07, 6.45) is -0.282. The lowest BCUT2D eigenvalue weighted by atomic mass is 10.2. The molecule has 4 nitrogen and oxygen atoms in total. The molecule has 1 N–H and O–H groups in total. The van der Waals surface area contributed by atoms with E-state index in [2.05, 4.69) is 22.6 Å². The lowest BCUT2D eigenvalue weighted by Crippen LogP contribution is -2.32. The fraction of sp³-hybridized carbons (Fsp3) is 0.273. The standard InChI is InChI=1S/C11H9IO4/c12-10-3-7-8(16-10)1-2-9-11(7)14-5-6(4-13)15-9/h1-3,6,13H,4-5H2. The summed E-state index contributed by atoms with van der Waals surface area (Å²) in [5.41, 5.74) is 0.786. The van der Waals surface area contributed by atoms with Gasteiger partial charge >= 0.3 is 0 Å². The maximum absolute atomic E-state index is 9.01. The van der Waals surface area contributed by atoms with Crippen LogP contribution in [0.15, 0.2) is 22.6 Å². The van der Waals surface area contributed by atoms with E-state index in [9.17, 15) is 0 Å². The zero-order valence-electron chi connectivity index (χ0n) is 8.27. The number of benzene rings is 1. The third-order valence-corrected chi connectivity index (χ3v) is 3.03. The Balaban J connectivity index is 2.13. The molecule has 0 radical (unpaired) electrons. The monoisotopic (exact) mass is 332 g/mol. The number of aliphatic hydroxyl groups is 1. The van der Waals surface area contributed by atoms with Crippen LogP contribution >= 0.6 is 22.6 Å². The molecule has 1 unspecified atom stereocenters. The molecular weight excluding hydrogens is 323 g/mol. The summed E-state index contributed by atoms with van der Waals surface area (Å²) in [5, 5.41) is 9.92. The summed E-state index contributed by atoms with van der Waals surface area (Å²) >= 11 is 2.12. The Morgan fingerprint density at radius 1 is 1.44 bits per heavy atom. The van der Waals surface area contributed by atoms with Gasteiger partial charge in [-0.25, -0.2) is 0 Å². The van der Waals surface area contributed by atoms with Crippen molar-refractivity contribution in [2.24, 2.45) is 0 Å². The van der Waals surface area contributed by atoms with Crippen LogP contribution in [0, 0.1) is 3.77 Å². The smallest absolute Gasteiger partial charge is 0.172 e. The Morgan fingerprint density at radius 2 is 2.31 bits per heavy atom. The summed E-state index contributed by atoms with van der Waals surface area (Å²) < 4.78 is 17.5. The van der Waals surface area contributed by atoms with Crippen molar-refractivity contribution in [3.63, 3.8) is 0 Å². The predicted molar refractivity (Wildman–Crippen MR) is 65.9 cm³/mol. The van der Waals surface area contributed by atoms with Gasteiger partial charge in [0.15, 0.2) is 21.4 Å². The lowest BCUT2D eigenvalue weighted by molar-refractivity contribution is 0.0467. The number of halogens is 1. The molecule has 0 fully saturated rings. The average molecular weight is 332 g/mol. The van der Waals surface area contributed by atoms with Crippen molar-refractivity contribution in [2.75, 3.05) is 13.2 Å². The molecule has 3 rings (SSSR count). The minimum Gasteiger partial charge on any atom is -0.485 e. The second-order valence-electron chi connectivity index (χ2n) is 3.59. The Bertz CT molecular complexity index is 534. The van der Waals surface area contributed by atoms with E-state index in [4.69, 9.17) is 19.0 Å². The highest BCUT2D eigenvalue weighted by Crippen LogP contribution is 2.40. The first-order valence-corrected chi connectivity index (χ1v) is 5.98. The Morgan fingerprint density at radius 3 is 3.12 bits per heavy atom. The number of aliphatic hydroxyl groups excluding tert-OH is 1. The molecule has 0 saturated heterocycles. The molecule has 0 amide bonds. The van der Waals surface area contributed by atoms with Crippen molar-refractivity contribution in [2.45, 2.75) is 6.10 Å². The van der Waals surface area contributed by atoms with Crippen LogP contribution in [0.4, 0.5) is 0 Å². The van der Waals surface area contributed by atoms with Gasteiger partial charge in [0.05, 0.1) is 12.0 Å². The molecule has 0 aliphatic carbocycles. The molecule has 0 spiro atoms. The maximum Gasteiger partial charge on any atom is 0.172 e. The predicted octanol–water partition coefficient (Wildman–Crippen LogP) is 2.17. The van der Waals surface area contributed by atoms with Gasteiger partial charge in [0.1, 0.15) is 12.2 Å². The van der Waals surface area contributed by atoms with Gasteiger partial charge in [-0.1, -0.05) is 0 Å². The zero-order chi connectivity index (χ0) is 11.1. The molecule has 84 valence electrons. The maximum atomic E-state index is 9.01. The highest BCUT2D eigenvalue weighted by molar-refractivity contribution is 14.1. The number of fused-ring (bicyclic) bond motifs is 3. The molecule has 1 aliphatic rings. The first kappa shape index (κ1) is 10.2. The zero-order valence-corrected chi connectivity index (χ0v) is 10.4. The van der Waals surface area contributed by atoms with Gasteiger partial charge in [0.25, 0.3) is 0 Å². The molecule has 0 bridgehead atoms. The van der Waals surface area contributed by atoms with Crippen molar-refractivity contribution in [1.82, 2.24) is 0 Å². The Hall–Kier alpha value is -0.950. The normalized spacial score (nSPS) is 19.0. The number of rotatable bonds is 1. The number of hydrogen-bond donors (Lipinski definition) is 1. The van der Waals surface area contributed by atoms with E-state index in [0.717, 1.165) is 14.7 Å². The van der Waals surface area contributed by atoms with E-state index >= 15 is 0 Å². The van der Waals surface area contributed by atoms with Crippen LogP contribution in [-0.2, 0) is 0 Å². The first-order valence-electron chi connectivity index (χ1n) is 4.90. The molecule has 2 aromatic rings. The van der Waals surface area contributed by atoms with Crippen molar-refractivity contribution >= 4 is 33.6 Å². The van der Waals surface area contributed by atoms with E-state index in [1.807, 2.05) is 12.1 Å². The molecule has 1 aromatic heterocycles. The Kier molecular flexibility index (Phi) is 2.44. The van der Waals surface area contributed by atoms with Gasteiger partial charge in [0, 0.05) is 6.07 Å². The van der Waals surface area contributed by atoms with E-state index in [1.165, 1.54) is 0 Å². The highest BCUT2D eigenvalue weighted by Gasteiger charge is 2.23. The summed E-state index contributed by atoms with van der Waals surface area (Å²) in [6.45, 7) is 0.324. The van der Waals surface area contributed by atoms with Crippen LogP contribution in [-0.4, -0.2) is 24.4 Å². The Labute approximate surface area is 105 Å². The first-order chi connectivity index (χ1) is 7.78. The highest BCUT2D eigenvalue weighted by atomic mass is 127. The third-order valence-electron chi connectivity index (χ3n) is 2.50. The van der Waals surface area contributed by atoms with Gasteiger partial charge in [-0.15, -0.1) is 0 Å². The van der Waals surface area contributed by atoms with E-state index in [-0.39, 0.29) is 12.7 Å². The molecule has 1 atom stereocenters. The van der Waals surface area contributed by atoms with Crippen LogP contribution in [0.1, 0.15) is 0 Å². The average Bonchev–Trinajstić information content (AvgIpc) is 2.69. The molecule has 2 heterocycles. The van der Waals surface area contributed by atoms with Crippen molar-refractivity contribution in [3.8, 4) is 11.5 Å². The fourth-order valence-electron chi connectivity index (χ4n) is 1.76. The molecule has 1 aliphatic heterocycles. The van der Waals surface area contributed by atoms with E-state index in [0.29, 0.717) is 18.1 Å². The second-order valence-corrected chi connectivity index (χ2v) is 4.65. The van der Waals surface area contributed by atoms with E-state index in [1.54, 1.807) is 6.07 Å². The van der Waals surface area contributed by atoms with Crippen molar-refractivity contribution in [3.05, 3.63) is 22.0 Å². The quantitative estimate of drug-likeness (QED) is 0.814. The summed E-state index contributed by atoms with van der Waals surface area (Å²) in [6, 6.07) is 5.57. The van der Waals surface area contributed by atoms with Crippen LogP contribution in [0.2, 0.25) is 0 Å². The lowest BCUT2D eigenvalue weighted by Gasteiger charge is -2.25. The van der Waals surface area contributed by atoms with Gasteiger partial charge in [0.2, 0.25) is 0 Å². The van der Waals surface area contributed by atoms with Crippen molar-refractivity contribution in [1.29, 1.82) is 0 Å². The minimum absolute atomic E-state index is 0.0413. The topological polar surface area (TPSA) is 51.8 Å². The summed E-state index contributed by atoms with van der Waals surface area (Å²) in [4.78, 5) is 0. The number of hydrogen-bond acceptors (Lipinski definition) is 4. The summed E-state index contributed by atoms with van der Waals surface area (Å²) in [7, 11) is 0. The fourth-order valence-corrected chi connectivity index (χ4v) is 2.31.